The zero-order valence-electron chi connectivity index (χ0n) is 13.0. The Balaban J connectivity index is 2.40. The Hall–Kier alpha value is -1.62. The van der Waals surface area contributed by atoms with Crippen LogP contribution in [0.3, 0.4) is 0 Å². The molecule has 0 fully saturated rings. The van der Waals surface area contributed by atoms with Crippen molar-refractivity contribution in [2.24, 2.45) is 0 Å². The number of amides is 1. The van der Waals surface area contributed by atoms with Gasteiger partial charge in [0, 0.05) is 18.1 Å². The van der Waals surface area contributed by atoms with Crippen LogP contribution in [-0.2, 0) is 11.3 Å². The van der Waals surface area contributed by atoms with Crippen molar-refractivity contribution < 1.29 is 9.53 Å². The summed E-state index contributed by atoms with van der Waals surface area (Å²) in [7, 11) is 0. The molecule has 0 spiro atoms. The van der Waals surface area contributed by atoms with E-state index in [-0.39, 0.29) is 18.1 Å². The van der Waals surface area contributed by atoms with Gasteiger partial charge < -0.3 is 15.4 Å². The van der Waals surface area contributed by atoms with E-state index in [0.29, 0.717) is 11.8 Å². The molecule has 0 unspecified atom stereocenters. The molecule has 2 N–H and O–H groups in total. The van der Waals surface area contributed by atoms with Crippen LogP contribution in [0.1, 0.15) is 40.3 Å². The second-order valence-electron chi connectivity index (χ2n) is 6.11. The molecule has 0 saturated heterocycles. The van der Waals surface area contributed by atoms with Gasteiger partial charge in [0.15, 0.2) is 6.61 Å². The molecule has 0 atom stereocenters. The van der Waals surface area contributed by atoms with E-state index in [0.717, 1.165) is 12.2 Å². The first-order chi connectivity index (χ1) is 9.26. The van der Waals surface area contributed by atoms with E-state index >= 15 is 0 Å². The van der Waals surface area contributed by atoms with E-state index in [4.69, 9.17) is 4.74 Å². The number of carbonyl (C=O) groups excluding carboxylic acids is 1. The van der Waals surface area contributed by atoms with E-state index < -0.39 is 0 Å². The summed E-state index contributed by atoms with van der Waals surface area (Å²) in [6.07, 6.45) is 1.64. The summed E-state index contributed by atoms with van der Waals surface area (Å²) in [6.45, 7) is 10.7. The van der Waals surface area contributed by atoms with E-state index in [1.165, 1.54) is 0 Å². The van der Waals surface area contributed by atoms with Crippen LogP contribution >= 0.6 is 0 Å². The maximum Gasteiger partial charge on any atom is 0.258 e. The van der Waals surface area contributed by atoms with Gasteiger partial charge in [0.05, 0.1) is 11.9 Å². The van der Waals surface area contributed by atoms with Crippen LogP contribution in [0.4, 0.5) is 0 Å². The molecule has 5 nitrogen and oxygen atoms in total. The first-order valence-electron chi connectivity index (χ1n) is 6.88. The quantitative estimate of drug-likeness (QED) is 0.834. The van der Waals surface area contributed by atoms with Gasteiger partial charge in [-0.2, -0.15) is 0 Å². The van der Waals surface area contributed by atoms with E-state index in [1.807, 2.05) is 32.9 Å². The third-order valence-electron chi connectivity index (χ3n) is 2.37. The molecule has 5 heteroatoms. The van der Waals surface area contributed by atoms with Crippen molar-refractivity contribution in [3.05, 3.63) is 24.0 Å². The van der Waals surface area contributed by atoms with Crippen LogP contribution in [0.25, 0.3) is 0 Å². The lowest BCUT2D eigenvalue weighted by Gasteiger charge is -2.20. The Labute approximate surface area is 121 Å². The Morgan fingerprint density at radius 3 is 2.55 bits per heavy atom. The van der Waals surface area contributed by atoms with Gasteiger partial charge in [0.1, 0.15) is 5.75 Å². The van der Waals surface area contributed by atoms with E-state index in [9.17, 15) is 4.79 Å². The van der Waals surface area contributed by atoms with Gasteiger partial charge in [-0.05, 0) is 32.9 Å². The number of aromatic nitrogens is 1. The molecule has 1 aromatic rings. The highest BCUT2D eigenvalue weighted by Gasteiger charge is 2.13. The monoisotopic (exact) mass is 279 g/mol. The molecule has 1 heterocycles. The van der Waals surface area contributed by atoms with Gasteiger partial charge in [-0.25, -0.2) is 0 Å². The third kappa shape index (κ3) is 7.09. The van der Waals surface area contributed by atoms with Gasteiger partial charge in [0.25, 0.3) is 5.91 Å². The normalized spacial score (nSPS) is 11.5. The summed E-state index contributed by atoms with van der Waals surface area (Å²) in [5, 5.41) is 6.13. The zero-order chi connectivity index (χ0) is 15.2. The summed E-state index contributed by atoms with van der Waals surface area (Å²) in [6, 6.07) is 4.15. The minimum absolute atomic E-state index is 0.00252. The standard InChI is InChI=1S/C15H25N3O2/c1-11(2)16-8-12-6-7-13(9-17-12)20-10-14(19)18-15(3,4)5/h6-7,9,11,16H,8,10H2,1-5H3,(H,18,19). The number of nitrogens with one attached hydrogen (secondary N) is 2. The lowest BCUT2D eigenvalue weighted by molar-refractivity contribution is -0.124. The molecule has 1 rings (SSSR count). The van der Waals surface area contributed by atoms with Crippen molar-refractivity contribution in [1.82, 2.24) is 15.6 Å². The molecule has 112 valence electrons. The van der Waals surface area contributed by atoms with Crippen molar-refractivity contribution in [1.29, 1.82) is 0 Å². The molecule has 1 amide bonds. The minimum atomic E-state index is -0.245. The Bertz CT molecular complexity index is 422. The summed E-state index contributed by atoms with van der Waals surface area (Å²) in [5.74, 6) is 0.463. The molecule has 0 aromatic carbocycles. The minimum Gasteiger partial charge on any atom is -0.482 e. The molecular weight excluding hydrogens is 254 g/mol. The molecule has 0 saturated carbocycles. The molecule has 0 bridgehead atoms. The molecular formula is C15H25N3O2. The van der Waals surface area contributed by atoms with Crippen LogP contribution in [0.15, 0.2) is 18.3 Å². The Morgan fingerprint density at radius 2 is 2.05 bits per heavy atom. The summed E-state index contributed by atoms with van der Waals surface area (Å²) < 4.78 is 5.40. The number of hydrogen-bond donors (Lipinski definition) is 2. The van der Waals surface area contributed by atoms with Gasteiger partial charge in [-0.1, -0.05) is 13.8 Å². The molecule has 20 heavy (non-hydrogen) atoms. The average Bonchev–Trinajstić information content (AvgIpc) is 2.33. The van der Waals surface area contributed by atoms with Gasteiger partial charge in [-0.15, -0.1) is 0 Å². The van der Waals surface area contributed by atoms with E-state index in [1.54, 1.807) is 6.20 Å². The van der Waals surface area contributed by atoms with E-state index in [2.05, 4.69) is 29.5 Å². The van der Waals surface area contributed by atoms with Crippen molar-refractivity contribution >= 4 is 5.91 Å². The van der Waals surface area contributed by atoms with Crippen LogP contribution in [0.2, 0.25) is 0 Å². The number of rotatable bonds is 6. The van der Waals surface area contributed by atoms with Crippen molar-refractivity contribution in [3.63, 3.8) is 0 Å². The molecule has 0 aliphatic rings. The predicted octanol–water partition coefficient (Wildman–Crippen LogP) is 1.87. The average molecular weight is 279 g/mol. The Kier molecular flexibility index (Phi) is 5.95. The van der Waals surface area contributed by atoms with Crippen LogP contribution < -0.4 is 15.4 Å². The fourth-order valence-corrected chi connectivity index (χ4v) is 1.51. The maximum absolute atomic E-state index is 11.6. The Morgan fingerprint density at radius 1 is 1.35 bits per heavy atom. The highest BCUT2D eigenvalue weighted by atomic mass is 16.5. The number of pyridine rings is 1. The van der Waals surface area contributed by atoms with Gasteiger partial charge in [-0.3, -0.25) is 9.78 Å². The predicted molar refractivity (Wildman–Crippen MR) is 79.6 cm³/mol. The topological polar surface area (TPSA) is 63.2 Å². The van der Waals surface area contributed by atoms with Crippen molar-refractivity contribution in [2.75, 3.05) is 6.61 Å². The lowest BCUT2D eigenvalue weighted by Crippen LogP contribution is -2.43. The third-order valence-corrected chi connectivity index (χ3v) is 2.37. The fourth-order valence-electron chi connectivity index (χ4n) is 1.51. The van der Waals surface area contributed by atoms with Gasteiger partial charge >= 0.3 is 0 Å². The summed E-state index contributed by atoms with van der Waals surface area (Å²) in [5.41, 5.74) is 0.704. The maximum atomic E-state index is 11.6. The zero-order valence-corrected chi connectivity index (χ0v) is 13.0. The SMILES string of the molecule is CC(C)NCc1ccc(OCC(=O)NC(C)(C)C)cn1. The number of nitrogens with zero attached hydrogens (tertiary/aromatic N) is 1. The smallest absolute Gasteiger partial charge is 0.258 e. The fraction of sp³-hybridized carbons (Fsp3) is 0.600. The second-order valence-corrected chi connectivity index (χ2v) is 6.11. The first kappa shape index (κ1) is 16.4. The number of carbonyl (C=O) groups is 1. The number of ether oxygens (including phenoxy) is 1. The molecule has 0 aliphatic heterocycles. The van der Waals surface area contributed by atoms with Crippen LogP contribution in [0, 0.1) is 0 Å². The lowest BCUT2D eigenvalue weighted by atomic mass is 10.1. The highest BCUT2D eigenvalue weighted by molar-refractivity contribution is 5.78. The largest absolute Gasteiger partial charge is 0.482 e. The molecule has 0 radical (unpaired) electrons. The summed E-state index contributed by atoms with van der Waals surface area (Å²) in [4.78, 5) is 15.9. The van der Waals surface area contributed by atoms with Crippen LogP contribution in [-0.4, -0.2) is 29.1 Å². The summed E-state index contributed by atoms with van der Waals surface area (Å²) >= 11 is 0. The second kappa shape index (κ2) is 7.24. The highest BCUT2D eigenvalue weighted by Crippen LogP contribution is 2.09. The van der Waals surface area contributed by atoms with Crippen molar-refractivity contribution in [3.8, 4) is 5.75 Å². The van der Waals surface area contributed by atoms with Gasteiger partial charge in [0.2, 0.25) is 0 Å². The van der Waals surface area contributed by atoms with Crippen molar-refractivity contribution in [2.45, 2.75) is 52.7 Å². The van der Waals surface area contributed by atoms with Crippen LogP contribution in [0.5, 0.6) is 5.75 Å². The molecule has 0 aliphatic carbocycles. The number of hydrogen-bond acceptors (Lipinski definition) is 4. The molecule has 1 aromatic heterocycles. The first-order valence-corrected chi connectivity index (χ1v) is 6.88.